The third-order valence-electron chi connectivity index (χ3n) is 3.94. The molecule has 0 aromatic carbocycles. The summed E-state index contributed by atoms with van der Waals surface area (Å²) >= 11 is 1.40. The van der Waals surface area contributed by atoms with Crippen LogP contribution in [0.15, 0.2) is 6.07 Å². The monoisotopic (exact) mass is 305 g/mol. The minimum atomic E-state index is 0.0180. The number of fused-ring (bicyclic) bond motifs is 1. The number of carbonyl (C=O) groups is 1. The largest absolute Gasteiger partial charge is 0.397 e. The number of pyridine rings is 1. The first-order valence-electron chi connectivity index (χ1n) is 7.37. The number of aryl methyl sites for hydroxylation is 2. The van der Waals surface area contributed by atoms with Gasteiger partial charge in [0.25, 0.3) is 5.91 Å². The maximum absolute atomic E-state index is 12.8. The van der Waals surface area contributed by atoms with Crippen LogP contribution in [0.4, 0.5) is 5.69 Å². The molecular formula is C16H23N3OS. The van der Waals surface area contributed by atoms with Gasteiger partial charge in [-0.05, 0) is 45.7 Å². The molecule has 2 N–H and O–H groups in total. The number of carbonyl (C=O) groups excluding carboxylic acids is 1. The highest BCUT2D eigenvalue weighted by molar-refractivity contribution is 7.21. The van der Waals surface area contributed by atoms with E-state index in [-0.39, 0.29) is 11.9 Å². The number of anilines is 1. The molecule has 0 aliphatic carbocycles. The topological polar surface area (TPSA) is 59.2 Å². The summed E-state index contributed by atoms with van der Waals surface area (Å²) < 4.78 is 0. The molecule has 0 aliphatic rings. The van der Waals surface area contributed by atoms with Crippen molar-refractivity contribution >= 4 is 33.1 Å². The lowest BCUT2D eigenvalue weighted by Gasteiger charge is -2.26. The average molecular weight is 305 g/mol. The molecule has 0 fully saturated rings. The maximum Gasteiger partial charge on any atom is 0.266 e. The average Bonchev–Trinajstić information content (AvgIpc) is 2.76. The van der Waals surface area contributed by atoms with Crippen molar-refractivity contribution in [3.05, 3.63) is 22.2 Å². The summed E-state index contributed by atoms with van der Waals surface area (Å²) in [6, 6.07) is 2.22. The van der Waals surface area contributed by atoms with Gasteiger partial charge >= 0.3 is 0 Å². The number of amides is 1. The fourth-order valence-corrected chi connectivity index (χ4v) is 3.81. The van der Waals surface area contributed by atoms with Gasteiger partial charge in [0.05, 0.1) is 5.69 Å². The number of thiophene rings is 1. The van der Waals surface area contributed by atoms with Gasteiger partial charge in [-0.1, -0.05) is 6.92 Å². The summed E-state index contributed by atoms with van der Waals surface area (Å²) in [4.78, 5) is 20.7. The predicted molar refractivity (Wildman–Crippen MR) is 90.0 cm³/mol. The van der Waals surface area contributed by atoms with Crippen molar-refractivity contribution in [2.45, 2.75) is 47.1 Å². The van der Waals surface area contributed by atoms with Crippen LogP contribution in [0.3, 0.4) is 0 Å². The van der Waals surface area contributed by atoms with Crippen LogP contribution in [0.2, 0.25) is 0 Å². The van der Waals surface area contributed by atoms with Crippen LogP contribution in [0.25, 0.3) is 10.2 Å². The molecule has 1 atom stereocenters. The second-order valence-electron chi connectivity index (χ2n) is 5.45. The van der Waals surface area contributed by atoms with E-state index in [2.05, 4.69) is 18.8 Å². The third kappa shape index (κ3) is 2.75. The molecule has 0 aliphatic heterocycles. The van der Waals surface area contributed by atoms with E-state index in [1.165, 1.54) is 11.3 Å². The SMILES string of the molecule is CCC(C)N(CC)C(=O)c1sc2nc(C)cc(C)c2c1N. The number of nitrogen functional groups attached to an aromatic ring is 1. The normalized spacial score (nSPS) is 12.6. The van der Waals surface area contributed by atoms with Crippen molar-refractivity contribution in [3.63, 3.8) is 0 Å². The first-order valence-corrected chi connectivity index (χ1v) is 8.19. The fraction of sp³-hybridized carbons (Fsp3) is 0.500. The van der Waals surface area contributed by atoms with Crippen LogP contribution in [-0.4, -0.2) is 28.4 Å². The van der Waals surface area contributed by atoms with Crippen molar-refractivity contribution in [1.29, 1.82) is 0 Å². The second-order valence-corrected chi connectivity index (χ2v) is 6.45. The quantitative estimate of drug-likeness (QED) is 0.935. The summed E-state index contributed by atoms with van der Waals surface area (Å²) in [7, 11) is 0. The van der Waals surface area contributed by atoms with Crippen LogP contribution in [0.1, 0.15) is 48.1 Å². The van der Waals surface area contributed by atoms with Crippen LogP contribution in [0, 0.1) is 13.8 Å². The Morgan fingerprint density at radius 3 is 2.67 bits per heavy atom. The molecule has 114 valence electrons. The molecule has 1 unspecified atom stereocenters. The van der Waals surface area contributed by atoms with Crippen molar-refractivity contribution in [2.24, 2.45) is 0 Å². The van der Waals surface area contributed by atoms with E-state index in [9.17, 15) is 4.79 Å². The number of rotatable bonds is 4. The van der Waals surface area contributed by atoms with Gasteiger partial charge in [0.2, 0.25) is 0 Å². The van der Waals surface area contributed by atoms with Gasteiger partial charge in [0, 0.05) is 23.7 Å². The lowest BCUT2D eigenvalue weighted by Crippen LogP contribution is -2.37. The Hall–Kier alpha value is -1.62. The number of hydrogen-bond donors (Lipinski definition) is 1. The Labute approximate surface area is 130 Å². The van der Waals surface area contributed by atoms with Crippen LogP contribution >= 0.6 is 11.3 Å². The van der Waals surface area contributed by atoms with E-state index in [4.69, 9.17) is 5.73 Å². The molecule has 5 heteroatoms. The lowest BCUT2D eigenvalue weighted by molar-refractivity contribution is 0.0706. The van der Waals surface area contributed by atoms with Crippen molar-refractivity contribution in [2.75, 3.05) is 12.3 Å². The minimum Gasteiger partial charge on any atom is -0.397 e. The zero-order chi connectivity index (χ0) is 15.7. The molecule has 0 saturated carbocycles. The van der Waals surface area contributed by atoms with Gasteiger partial charge in [-0.3, -0.25) is 4.79 Å². The molecule has 0 bridgehead atoms. The summed E-state index contributed by atoms with van der Waals surface area (Å²) in [6.07, 6.45) is 0.931. The standard InChI is InChI=1S/C16H23N3OS/c1-6-11(5)19(7-2)16(20)14-13(17)12-9(3)8-10(4)18-15(12)21-14/h8,11H,6-7,17H2,1-5H3. The molecule has 0 saturated heterocycles. The maximum atomic E-state index is 12.8. The molecule has 21 heavy (non-hydrogen) atoms. The number of aromatic nitrogens is 1. The van der Waals surface area contributed by atoms with Crippen LogP contribution < -0.4 is 5.73 Å². The Balaban J connectivity index is 2.54. The summed E-state index contributed by atoms with van der Waals surface area (Å²) in [5.41, 5.74) is 8.86. The van der Waals surface area contributed by atoms with Gasteiger partial charge in [-0.2, -0.15) is 0 Å². The van der Waals surface area contributed by atoms with E-state index < -0.39 is 0 Å². The first-order chi connectivity index (χ1) is 9.90. The summed E-state index contributed by atoms with van der Waals surface area (Å²) in [5.74, 6) is 0.0180. The van der Waals surface area contributed by atoms with E-state index >= 15 is 0 Å². The highest BCUT2D eigenvalue weighted by atomic mass is 32.1. The van der Waals surface area contributed by atoms with Gasteiger partial charge in [-0.25, -0.2) is 4.98 Å². The third-order valence-corrected chi connectivity index (χ3v) is 5.03. The molecule has 2 aromatic rings. The smallest absolute Gasteiger partial charge is 0.266 e. The fourth-order valence-electron chi connectivity index (χ4n) is 2.63. The zero-order valence-electron chi connectivity index (χ0n) is 13.4. The zero-order valence-corrected chi connectivity index (χ0v) is 14.2. The molecule has 2 heterocycles. The summed E-state index contributed by atoms with van der Waals surface area (Å²) in [5, 5.41) is 0.925. The number of hydrogen-bond acceptors (Lipinski definition) is 4. The van der Waals surface area contributed by atoms with Gasteiger partial charge in [-0.15, -0.1) is 11.3 Å². The Morgan fingerprint density at radius 2 is 2.10 bits per heavy atom. The molecule has 0 radical (unpaired) electrons. The predicted octanol–water partition coefficient (Wildman–Crippen LogP) is 3.76. The molecular weight excluding hydrogens is 282 g/mol. The molecule has 2 aromatic heterocycles. The minimum absolute atomic E-state index is 0.0180. The van der Waals surface area contributed by atoms with E-state index in [0.29, 0.717) is 17.1 Å². The van der Waals surface area contributed by atoms with Crippen molar-refractivity contribution in [1.82, 2.24) is 9.88 Å². The van der Waals surface area contributed by atoms with Gasteiger partial charge in [0.15, 0.2) is 0 Å². The Kier molecular flexibility index (Phi) is 4.52. The van der Waals surface area contributed by atoms with Crippen molar-refractivity contribution in [3.8, 4) is 0 Å². The molecule has 4 nitrogen and oxygen atoms in total. The van der Waals surface area contributed by atoms with Gasteiger partial charge in [0.1, 0.15) is 9.71 Å². The molecule has 2 rings (SSSR count). The lowest BCUT2D eigenvalue weighted by atomic mass is 10.1. The Bertz CT molecular complexity index is 678. The second kappa shape index (κ2) is 6.02. The van der Waals surface area contributed by atoms with Crippen molar-refractivity contribution < 1.29 is 4.79 Å². The summed E-state index contributed by atoms with van der Waals surface area (Å²) in [6.45, 7) is 10.8. The molecule has 0 spiro atoms. The Morgan fingerprint density at radius 1 is 1.43 bits per heavy atom. The number of nitrogens with two attached hydrogens (primary N) is 1. The molecule has 1 amide bonds. The van der Waals surface area contributed by atoms with E-state index in [1.54, 1.807) is 0 Å². The van der Waals surface area contributed by atoms with E-state index in [1.807, 2.05) is 31.7 Å². The first kappa shape index (κ1) is 15.8. The van der Waals surface area contributed by atoms with Crippen LogP contribution in [-0.2, 0) is 0 Å². The van der Waals surface area contributed by atoms with E-state index in [0.717, 1.165) is 27.9 Å². The highest BCUT2D eigenvalue weighted by Crippen LogP contribution is 2.36. The van der Waals surface area contributed by atoms with Gasteiger partial charge < -0.3 is 10.6 Å². The van der Waals surface area contributed by atoms with Crippen LogP contribution in [0.5, 0.6) is 0 Å². The number of nitrogens with zero attached hydrogens (tertiary/aromatic N) is 2. The highest BCUT2D eigenvalue weighted by Gasteiger charge is 2.25.